The Morgan fingerprint density at radius 2 is 2.14 bits per heavy atom. The molecule has 2 heterocycles. The number of aromatic nitrogens is 2. The van der Waals surface area contributed by atoms with E-state index in [1.165, 1.54) is 16.3 Å². The number of sulfone groups is 1. The maximum Gasteiger partial charge on any atom is 0.262 e. The van der Waals surface area contributed by atoms with Crippen molar-refractivity contribution in [1.29, 1.82) is 0 Å². The van der Waals surface area contributed by atoms with Gasteiger partial charge in [0.1, 0.15) is 0 Å². The number of ether oxygens (including phenoxy) is 1. The van der Waals surface area contributed by atoms with Crippen LogP contribution in [0.5, 0.6) is 0 Å². The lowest BCUT2D eigenvalue weighted by molar-refractivity contribution is -0.129. The molecular weight excluding hydrogens is 414 g/mol. The van der Waals surface area contributed by atoms with Crippen molar-refractivity contribution < 1.29 is 17.9 Å². The van der Waals surface area contributed by atoms with Gasteiger partial charge < -0.3 is 9.64 Å². The van der Waals surface area contributed by atoms with Crippen LogP contribution in [-0.2, 0) is 25.9 Å². The van der Waals surface area contributed by atoms with Crippen molar-refractivity contribution in [1.82, 2.24) is 14.5 Å². The van der Waals surface area contributed by atoms with Gasteiger partial charge in [-0.2, -0.15) is 0 Å². The van der Waals surface area contributed by atoms with Crippen LogP contribution in [0.4, 0.5) is 0 Å². The van der Waals surface area contributed by atoms with Gasteiger partial charge in [-0.05, 0) is 25.5 Å². The van der Waals surface area contributed by atoms with Gasteiger partial charge in [0.25, 0.3) is 5.56 Å². The Bertz CT molecular complexity index is 1050. The maximum atomic E-state index is 12.9. The number of methoxy groups -OCH3 is 1. The quantitative estimate of drug-likeness (QED) is 0.450. The van der Waals surface area contributed by atoms with Crippen molar-refractivity contribution in [2.45, 2.75) is 31.1 Å². The monoisotopic (exact) mass is 439 g/mol. The standard InChI is InChI=1S/C19H25N3O5S2/c1-3-21(14-8-11-29(25,26)13-14)17(23)12-28-19-20-16-7-5-4-6-15(16)18(24)22(19)9-10-27-2/h4-7,14H,3,8-13H2,1-2H3. The topological polar surface area (TPSA) is 98.6 Å². The number of hydrogen-bond donors (Lipinski definition) is 0. The van der Waals surface area contributed by atoms with Gasteiger partial charge in [-0.15, -0.1) is 0 Å². The number of para-hydroxylation sites is 1. The first-order valence-corrected chi connectivity index (χ1v) is 12.3. The molecule has 0 spiro atoms. The molecule has 8 nitrogen and oxygen atoms in total. The fraction of sp³-hybridized carbons (Fsp3) is 0.526. The lowest BCUT2D eigenvalue weighted by Crippen LogP contribution is -2.42. The summed E-state index contributed by atoms with van der Waals surface area (Å²) in [6.07, 6.45) is 0.472. The highest BCUT2D eigenvalue weighted by molar-refractivity contribution is 7.99. The van der Waals surface area contributed by atoms with Crippen LogP contribution in [0, 0.1) is 0 Å². The number of amides is 1. The van der Waals surface area contributed by atoms with Gasteiger partial charge in [-0.1, -0.05) is 23.9 Å². The average Bonchev–Trinajstić information content (AvgIpc) is 3.05. The van der Waals surface area contributed by atoms with Gasteiger partial charge in [0.2, 0.25) is 5.91 Å². The fourth-order valence-corrected chi connectivity index (χ4v) is 6.15. The Morgan fingerprint density at radius 3 is 2.79 bits per heavy atom. The van der Waals surface area contributed by atoms with Crippen LogP contribution in [0.2, 0.25) is 0 Å². The van der Waals surface area contributed by atoms with Gasteiger partial charge in [0.05, 0.1) is 41.3 Å². The van der Waals surface area contributed by atoms with Crippen molar-refractivity contribution >= 4 is 38.4 Å². The van der Waals surface area contributed by atoms with Crippen LogP contribution in [0.1, 0.15) is 13.3 Å². The van der Waals surface area contributed by atoms with Crippen molar-refractivity contribution in [2.24, 2.45) is 0 Å². The summed E-state index contributed by atoms with van der Waals surface area (Å²) in [6.45, 7) is 2.97. The molecule has 0 aliphatic carbocycles. The molecule has 1 aromatic heterocycles. The SMILES string of the molecule is CCN(C(=O)CSc1nc2ccccc2c(=O)n1CCOC)C1CCS(=O)(=O)C1. The van der Waals surface area contributed by atoms with Gasteiger partial charge in [0.15, 0.2) is 15.0 Å². The summed E-state index contributed by atoms with van der Waals surface area (Å²) in [5.74, 6) is 0.0732. The third-order valence-corrected chi connectivity index (χ3v) is 7.69. The predicted octanol–water partition coefficient (Wildman–Crippen LogP) is 1.17. The zero-order valence-electron chi connectivity index (χ0n) is 16.5. The minimum Gasteiger partial charge on any atom is -0.383 e. The van der Waals surface area contributed by atoms with Crippen molar-refractivity contribution in [3.63, 3.8) is 0 Å². The van der Waals surface area contributed by atoms with E-state index in [-0.39, 0.29) is 34.8 Å². The minimum atomic E-state index is -3.07. The number of hydrogen-bond acceptors (Lipinski definition) is 7. The summed E-state index contributed by atoms with van der Waals surface area (Å²) in [4.78, 5) is 31.8. The van der Waals surface area contributed by atoms with E-state index < -0.39 is 9.84 Å². The summed E-state index contributed by atoms with van der Waals surface area (Å²) in [7, 11) is -1.51. The highest BCUT2D eigenvalue weighted by Gasteiger charge is 2.33. The molecule has 2 aromatic rings. The maximum absolute atomic E-state index is 12.9. The van der Waals surface area contributed by atoms with E-state index >= 15 is 0 Å². The Kier molecular flexibility index (Phi) is 6.97. The molecule has 1 amide bonds. The molecule has 1 fully saturated rings. The molecule has 29 heavy (non-hydrogen) atoms. The Hall–Kier alpha value is -1.91. The highest BCUT2D eigenvalue weighted by Crippen LogP contribution is 2.22. The summed E-state index contributed by atoms with van der Waals surface area (Å²) < 4.78 is 30.2. The largest absolute Gasteiger partial charge is 0.383 e. The molecular formula is C19H25N3O5S2. The highest BCUT2D eigenvalue weighted by atomic mass is 32.2. The number of carbonyl (C=O) groups is 1. The van der Waals surface area contributed by atoms with Crippen LogP contribution in [-0.4, -0.2) is 72.3 Å². The third-order valence-electron chi connectivity index (χ3n) is 4.98. The van der Waals surface area contributed by atoms with Crippen molar-refractivity contribution in [3.8, 4) is 0 Å². The molecule has 1 aromatic carbocycles. The van der Waals surface area contributed by atoms with Crippen LogP contribution in [0.25, 0.3) is 10.9 Å². The second kappa shape index (κ2) is 9.27. The van der Waals surface area contributed by atoms with Crippen molar-refractivity contribution in [3.05, 3.63) is 34.6 Å². The molecule has 10 heteroatoms. The predicted molar refractivity (Wildman–Crippen MR) is 113 cm³/mol. The number of rotatable bonds is 8. The summed E-state index contributed by atoms with van der Waals surface area (Å²) in [6, 6.07) is 6.82. The molecule has 158 valence electrons. The molecule has 3 rings (SSSR count). The van der Waals surface area contributed by atoms with Crippen LogP contribution in [0.15, 0.2) is 34.2 Å². The minimum absolute atomic E-state index is 0.0179. The average molecular weight is 440 g/mol. The molecule has 0 saturated carbocycles. The number of carbonyl (C=O) groups excluding carboxylic acids is 1. The molecule has 1 unspecified atom stereocenters. The lowest BCUT2D eigenvalue weighted by Gasteiger charge is -2.26. The molecule has 1 aliphatic heterocycles. The first kappa shape index (κ1) is 21.8. The second-order valence-electron chi connectivity index (χ2n) is 6.89. The molecule has 1 saturated heterocycles. The zero-order valence-corrected chi connectivity index (χ0v) is 18.2. The Balaban J connectivity index is 1.81. The van der Waals surface area contributed by atoms with E-state index in [0.717, 1.165) is 0 Å². The summed E-state index contributed by atoms with van der Waals surface area (Å²) >= 11 is 1.19. The zero-order chi connectivity index (χ0) is 21.0. The van der Waals surface area contributed by atoms with Crippen LogP contribution in [0.3, 0.4) is 0 Å². The van der Waals surface area contributed by atoms with E-state index in [9.17, 15) is 18.0 Å². The Morgan fingerprint density at radius 1 is 1.38 bits per heavy atom. The van der Waals surface area contributed by atoms with Gasteiger partial charge in [-0.3, -0.25) is 14.2 Å². The molecule has 1 atom stereocenters. The van der Waals surface area contributed by atoms with E-state index in [0.29, 0.717) is 42.2 Å². The van der Waals surface area contributed by atoms with E-state index in [2.05, 4.69) is 4.98 Å². The lowest BCUT2D eigenvalue weighted by atomic mass is 10.2. The molecule has 1 aliphatic rings. The summed E-state index contributed by atoms with van der Waals surface area (Å²) in [5.41, 5.74) is 0.409. The third kappa shape index (κ3) is 4.99. The Labute approximate surface area is 174 Å². The fourth-order valence-electron chi connectivity index (χ4n) is 3.51. The molecule has 0 N–H and O–H groups in total. The first-order valence-electron chi connectivity index (χ1n) is 9.47. The number of thioether (sulfide) groups is 1. The number of benzene rings is 1. The molecule has 0 bridgehead atoms. The second-order valence-corrected chi connectivity index (χ2v) is 10.1. The van der Waals surface area contributed by atoms with E-state index in [1.54, 1.807) is 30.2 Å². The van der Waals surface area contributed by atoms with E-state index in [1.807, 2.05) is 13.0 Å². The van der Waals surface area contributed by atoms with E-state index in [4.69, 9.17) is 4.74 Å². The van der Waals surface area contributed by atoms with Crippen LogP contribution >= 0.6 is 11.8 Å². The van der Waals surface area contributed by atoms with Gasteiger partial charge in [-0.25, -0.2) is 13.4 Å². The van der Waals surface area contributed by atoms with Gasteiger partial charge in [0, 0.05) is 19.7 Å². The first-order chi connectivity index (χ1) is 13.9. The number of nitrogens with zero attached hydrogens (tertiary/aromatic N) is 3. The van der Waals surface area contributed by atoms with Crippen LogP contribution < -0.4 is 5.56 Å². The number of fused-ring (bicyclic) bond motifs is 1. The summed E-state index contributed by atoms with van der Waals surface area (Å²) in [5, 5.41) is 0.972. The normalized spacial score (nSPS) is 18.2. The molecule has 0 radical (unpaired) electrons. The van der Waals surface area contributed by atoms with Gasteiger partial charge >= 0.3 is 0 Å². The van der Waals surface area contributed by atoms with Crippen molar-refractivity contribution in [2.75, 3.05) is 37.5 Å². The smallest absolute Gasteiger partial charge is 0.262 e.